The predicted octanol–water partition coefficient (Wildman–Crippen LogP) is 5.54. The Balaban J connectivity index is 2.20. The topological polar surface area (TPSA) is 40.5 Å². The first-order valence-electron chi connectivity index (χ1n) is 9.26. The summed E-state index contributed by atoms with van der Waals surface area (Å²) in [6.07, 6.45) is 1.39. The first-order chi connectivity index (χ1) is 12.5. The highest BCUT2D eigenvalue weighted by molar-refractivity contribution is 5.67. The normalized spacial score (nSPS) is 22.3. The molecular weight excluding hydrogens is 355 g/mol. The van der Waals surface area contributed by atoms with E-state index in [-0.39, 0.29) is 23.8 Å². The van der Waals surface area contributed by atoms with Gasteiger partial charge in [-0.25, -0.2) is 0 Å². The van der Waals surface area contributed by atoms with Gasteiger partial charge in [-0.15, -0.1) is 0 Å². The molecule has 0 aromatic heterocycles. The second kappa shape index (κ2) is 8.46. The van der Waals surface area contributed by atoms with Gasteiger partial charge < -0.3 is 5.11 Å². The van der Waals surface area contributed by atoms with Crippen molar-refractivity contribution >= 4 is 5.97 Å². The summed E-state index contributed by atoms with van der Waals surface area (Å²) in [5, 5.41) is 9.10. The van der Waals surface area contributed by atoms with Crippen LogP contribution in [0.3, 0.4) is 0 Å². The van der Waals surface area contributed by atoms with Crippen LogP contribution < -0.4 is 0 Å². The Morgan fingerprint density at radius 3 is 2.37 bits per heavy atom. The molecule has 0 spiro atoms. The third kappa shape index (κ3) is 6.69. The first kappa shape index (κ1) is 21.5. The molecule has 3 nitrogen and oxygen atoms in total. The molecule has 0 radical (unpaired) electrons. The van der Waals surface area contributed by atoms with Crippen LogP contribution in [0.2, 0.25) is 0 Å². The molecule has 1 aliphatic rings. The number of piperidine rings is 1. The summed E-state index contributed by atoms with van der Waals surface area (Å²) in [5.74, 6) is -0.787. The fourth-order valence-electron chi connectivity index (χ4n) is 3.52. The van der Waals surface area contributed by atoms with Gasteiger partial charge in [0, 0.05) is 19.0 Å². The van der Waals surface area contributed by atoms with Crippen LogP contribution in [0.1, 0.15) is 57.2 Å². The molecule has 0 amide bonds. The van der Waals surface area contributed by atoms with E-state index >= 15 is 0 Å². The Kier molecular flexibility index (Phi) is 6.73. The Labute approximate surface area is 158 Å². The highest BCUT2D eigenvalue weighted by Gasteiger charge is 2.33. The standard InChI is InChI=1S/C21H28F3NO2/c1-20(2,3)10-4-11-25-12-9-15(14-19(26)27)13-18(25)16-5-7-17(8-6-16)21(22,23)24/h4-8,10,15,18H,9,11-14H2,1-3H3,(H,26,27)/t15-,18+/m0/s1. The van der Waals surface area contributed by atoms with Gasteiger partial charge in [0.2, 0.25) is 0 Å². The number of alkyl halides is 3. The largest absolute Gasteiger partial charge is 0.481 e. The number of carboxylic acids is 1. The van der Waals surface area contributed by atoms with Gasteiger partial charge in [0.25, 0.3) is 0 Å². The molecule has 0 saturated carbocycles. The molecule has 1 heterocycles. The number of allylic oxidation sites excluding steroid dienone is 1. The van der Waals surface area contributed by atoms with Crippen molar-refractivity contribution in [3.8, 4) is 0 Å². The molecule has 0 aliphatic carbocycles. The minimum Gasteiger partial charge on any atom is -0.481 e. The van der Waals surface area contributed by atoms with Crippen LogP contribution >= 0.6 is 0 Å². The molecule has 150 valence electrons. The maximum absolute atomic E-state index is 12.8. The molecule has 1 fully saturated rings. The van der Waals surface area contributed by atoms with Crippen LogP contribution in [-0.2, 0) is 11.0 Å². The minimum atomic E-state index is -4.36. The van der Waals surface area contributed by atoms with Crippen molar-refractivity contribution in [3.05, 3.63) is 47.5 Å². The zero-order valence-electron chi connectivity index (χ0n) is 16.1. The third-order valence-electron chi connectivity index (χ3n) is 4.87. The predicted molar refractivity (Wildman–Crippen MR) is 99.3 cm³/mol. The molecule has 1 aliphatic heterocycles. The zero-order chi connectivity index (χ0) is 20.2. The smallest absolute Gasteiger partial charge is 0.416 e. The van der Waals surface area contributed by atoms with E-state index in [0.29, 0.717) is 13.0 Å². The monoisotopic (exact) mass is 383 g/mol. The second-order valence-corrected chi connectivity index (χ2v) is 8.39. The summed E-state index contributed by atoms with van der Waals surface area (Å²) in [4.78, 5) is 13.3. The Morgan fingerprint density at radius 1 is 1.22 bits per heavy atom. The van der Waals surface area contributed by atoms with Crippen LogP contribution in [-0.4, -0.2) is 29.1 Å². The quantitative estimate of drug-likeness (QED) is 0.679. The van der Waals surface area contributed by atoms with Crippen molar-refractivity contribution in [2.45, 2.75) is 52.3 Å². The van der Waals surface area contributed by atoms with Crippen molar-refractivity contribution in [2.24, 2.45) is 11.3 Å². The highest BCUT2D eigenvalue weighted by Crippen LogP contribution is 2.37. The van der Waals surface area contributed by atoms with Crippen molar-refractivity contribution in [2.75, 3.05) is 13.1 Å². The number of carboxylic acid groups (broad SMARTS) is 1. The van der Waals surface area contributed by atoms with Crippen LogP contribution in [0.5, 0.6) is 0 Å². The lowest BCUT2D eigenvalue weighted by atomic mass is 9.85. The average Bonchev–Trinajstić information content (AvgIpc) is 2.53. The lowest BCUT2D eigenvalue weighted by molar-refractivity contribution is -0.139. The van der Waals surface area contributed by atoms with E-state index in [0.717, 1.165) is 30.7 Å². The summed E-state index contributed by atoms with van der Waals surface area (Å²) < 4.78 is 38.5. The number of likely N-dealkylation sites (tertiary alicyclic amines) is 1. The summed E-state index contributed by atoms with van der Waals surface area (Å²) in [6.45, 7) is 7.75. The molecule has 0 bridgehead atoms. The van der Waals surface area contributed by atoms with E-state index < -0.39 is 17.7 Å². The number of aliphatic carboxylic acids is 1. The maximum Gasteiger partial charge on any atom is 0.416 e. The lowest BCUT2D eigenvalue weighted by Crippen LogP contribution is -2.37. The van der Waals surface area contributed by atoms with Gasteiger partial charge in [-0.05, 0) is 48.4 Å². The molecule has 27 heavy (non-hydrogen) atoms. The van der Waals surface area contributed by atoms with Gasteiger partial charge >= 0.3 is 12.1 Å². The van der Waals surface area contributed by atoms with Gasteiger partial charge in [-0.2, -0.15) is 13.2 Å². The van der Waals surface area contributed by atoms with Crippen molar-refractivity contribution in [1.29, 1.82) is 0 Å². The van der Waals surface area contributed by atoms with E-state index in [1.165, 1.54) is 12.1 Å². The number of halogens is 3. The Morgan fingerprint density at radius 2 is 1.85 bits per heavy atom. The molecule has 2 rings (SSSR count). The van der Waals surface area contributed by atoms with Crippen LogP contribution in [0.4, 0.5) is 13.2 Å². The van der Waals surface area contributed by atoms with Crippen LogP contribution in [0, 0.1) is 11.3 Å². The number of benzene rings is 1. The third-order valence-corrected chi connectivity index (χ3v) is 4.87. The highest BCUT2D eigenvalue weighted by atomic mass is 19.4. The van der Waals surface area contributed by atoms with E-state index in [1.807, 2.05) is 0 Å². The maximum atomic E-state index is 12.8. The number of hydrogen-bond acceptors (Lipinski definition) is 2. The van der Waals surface area contributed by atoms with Gasteiger partial charge in [0.05, 0.1) is 5.56 Å². The number of nitrogens with zero attached hydrogens (tertiary/aromatic N) is 1. The van der Waals surface area contributed by atoms with Crippen LogP contribution in [0.25, 0.3) is 0 Å². The SMILES string of the molecule is CC(C)(C)C=CCN1CC[C@H](CC(=O)O)C[C@@H]1c1ccc(C(F)(F)F)cc1. The summed E-state index contributed by atoms with van der Waals surface area (Å²) in [6, 6.07) is 5.20. The number of carbonyl (C=O) groups is 1. The molecule has 1 saturated heterocycles. The summed E-state index contributed by atoms with van der Waals surface area (Å²) in [5.41, 5.74) is 0.205. The first-order valence-corrected chi connectivity index (χ1v) is 9.26. The van der Waals surface area contributed by atoms with Crippen LogP contribution in [0.15, 0.2) is 36.4 Å². The number of hydrogen-bond donors (Lipinski definition) is 1. The van der Waals surface area contributed by atoms with Gasteiger partial charge in [-0.1, -0.05) is 45.1 Å². The van der Waals surface area contributed by atoms with E-state index in [1.54, 1.807) is 0 Å². The Hall–Kier alpha value is -1.82. The summed E-state index contributed by atoms with van der Waals surface area (Å²) >= 11 is 0. The fraction of sp³-hybridized carbons (Fsp3) is 0.571. The molecule has 1 N–H and O–H groups in total. The molecule has 1 aromatic carbocycles. The van der Waals surface area contributed by atoms with E-state index in [2.05, 4.69) is 37.8 Å². The van der Waals surface area contributed by atoms with Crippen molar-refractivity contribution in [1.82, 2.24) is 4.90 Å². The van der Waals surface area contributed by atoms with Crippen molar-refractivity contribution < 1.29 is 23.1 Å². The molecule has 0 unspecified atom stereocenters. The summed E-state index contributed by atoms with van der Waals surface area (Å²) in [7, 11) is 0. The van der Waals surface area contributed by atoms with Gasteiger partial charge in [0.15, 0.2) is 0 Å². The van der Waals surface area contributed by atoms with Gasteiger partial charge in [0.1, 0.15) is 0 Å². The average molecular weight is 383 g/mol. The van der Waals surface area contributed by atoms with E-state index in [4.69, 9.17) is 5.11 Å². The molecule has 2 atom stereocenters. The molecule has 6 heteroatoms. The van der Waals surface area contributed by atoms with Crippen molar-refractivity contribution in [3.63, 3.8) is 0 Å². The minimum absolute atomic E-state index is 0.0395. The molecule has 1 aromatic rings. The second-order valence-electron chi connectivity index (χ2n) is 8.39. The lowest BCUT2D eigenvalue weighted by Gasteiger charge is -2.39. The zero-order valence-corrected chi connectivity index (χ0v) is 16.1. The van der Waals surface area contributed by atoms with E-state index in [9.17, 15) is 18.0 Å². The van der Waals surface area contributed by atoms with Gasteiger partial charge in [-0.3, -0.25) is 9.69 Å². The molecular formula is C21H28F3NO2. The fourth-order valence-corrected chi connectivity index (χ4v) is 3.52. The Bertz CT molecular complexity index is 659. The number of rotatable bonds is 5.